The molecule has 1 aromatic carbocycles. The van der Waals surface area contributed by atoms with Gasteiger partial charge < -0.3 is 14.8 Å². The molecule has 4 heteroatoms. The number of carbonyl (C=O) groups is 1. The number of methoxy groups -OCH3 is 1. The summed E-state index contributed by atoms with van der Waals surface area (Å²) in [6.45, 7) is 8.10. The van der Waals surface area contributed by atoms with E-state index in [1.54, 1.807) is 7.11 Å². The van der Waals surface area contributed by atoms with Crippen LogP contribution in [-0.2, 0) is 16.1 Å². The molecular formula is C23H31NO3. The molecule has 2 saturated carbocycles. The monoisotopic (exact) mass is 369 g/mol. The first-order valence-electron chi connectivity index (χ1n) is 10.2. The predicted molar refractivity (Wildman–Crippen MR) is 105 cm³/mol. The van der Waals surface area contributed by atoms with E-state index < -0.39 is 0 Å². The molecule has 27 heavy (non-hydrogen) atoms. The van der Waals surface area contributed by atoms with E-state index in [-0.39, 0.29) is 23.4 Å². The average molecular weight is 370 g/mol. The summed E-state index contributed by atoms with van der Waals surface area (Å²) in [7, 11) is 1.69. The second-order valence-electron chi connectivity index (χ2n) is 8.85. The van der Waals surface area contributed by atoms with E-state index in [9.17, 15) is 4.79 Å². The molecule has 0 bridgehead atoms. The first-order valence-corrected chi connectivity index (χ1v) is 10.2. The Morgan fingerprint density at radius 2 is 2.19 bits per heavy atom. The van der Waals surface area contributed by atoms with Crippen LogP contribution in [0.15, 0.2) is 36.4 Å². The van der Waals surface area contributed by atoms with Gasteiger partial charge in [0.05, 0.1) is 13.0 Å². The first-order chi connectivity index (χ1) is 13.0. The smallest absolute Gasteiger partial charge is 0.310 e. The van der Waals surface area contributed by atoms with Gasteiger partial charge in [-0.25, -0.2) is 0 Å². The fourth-order valence-corrected chi connectivity index (χ4v) is 5.70. The van der Waals surface area contributed by atoms with Gasteiger partial charge in [0.15, 0.2) is 0 Å². The molecular weight excluding hydrogens is 338 g/mol. The molecule has 4 rings (SSSR count). The van der Waals surface area contributed by atoms with Crippen LogP contribution in [0.25, 0.3) is 0 Å². The molecule has 0 radical (unpaired) electrons. The summed E-state index contributed by atoms with van der Waals surface area (Å²) in [6.07, 6.45) is 5.73. The molecule has 5 atom stereocenters. The van der Waals surface area contributed by atoms with Crippen molar-refractivity contribution in [1.29, 1.82) is 0 Å². The molecule has 4 nitrogen and oxygen atoms in total. The first kappa shape index (κ1) is 18.5. The van der Waals surface area contributed by atoms with Crippen LogP contribution in [0.3, 0.4) is 0 Å². The van der Waals surface area contributed by atoms with Crippen molar-refractivity contribution in [3.05, 3.63) is 42.0 Å². The number of rotatable bonds is 5. The van der Waals surface area contributed by atoms with E-state index in [1.165, 1.54) is 18.4 Å². The van der Waals surface area contributed by atoms with Gasteiger partial charge in [-0.05, 0) is 49.5 Å². The van der Waals surface area contributed by atoms with Crippen LogP contribution >= 0.6 is 0 Å². The van der Waals surface area contributed by atoms with Gasteiger partial charge in [-0.1, -0.05) is 37.3 Å². The molecule has 1 saturated heterocycles. The number of allylic oxidation sites excluding steroid dienone is 1. The van der Waals surface area contributed by atoms with Gasteiger partial charge in [0.2, 0.25) is 0 Å². The van der Waals surface area contributed by atoms with E-state index in [4.69, 9.17) is 9.47 Å². The van der Waals surface area contributed by atoms with Crippen molar-refractivity contribution in [2.75, 3.05) is 13.7 Å². The van der Waals surface area contributed by atoms with Gasteiger partial charge in [0.25, 0.3) is 0 Å². The zero-order chi connectivity index (χ0) is 19.0. The lowest BCUT2D eigenvalue weighted by atomic mass is 9.55. The number of hydrogen-bond donors (Lipinski definition) is 1. The maximum Gasteiger partial charge on any atom is 0.310 e. The largest absolute Gasteiger partial charge is 0.496 e. The lowest BCUT2D eigenvalue weighted by Gasteiger charge is -2.50. The molecule has 146 valence electrons. The Morgan fingerprint density at radius 3 is 3.00 bits per heavy atom. The Morgan fingerprint density at radius 1 is 1.37 bits per heavy atom. The number of nitrogens with one attached hydrogen (secondary N) is 1. The predicted octanol–water partition coefficient (Wildman–Crippen LogP) is 4.10. The SMILES string of the molecule is C=C1CCC[C@]2(C)C[C@H]3OC(=O)C(CNCc4ccccc4OC)[C@H]3CC12. The maximum absolute atomic E-state index is 12.6. The third-order valence-electron chi connectivity index (χ3n) is 7.19. The quantitative estimate of drug-likeness (QED) is 0.627. The molecule has 2 unspecified atom stereocenters. The standard InChI is InChI=1S/C23H31NO3/c1-15-7-6-10-23(2)12-21-17(11-19(15)23)18(22(25)27-21)14-24-13-16-8-4-5-9-20(16)26-3/h4-5,8-9,17-19,21,24H,1,6-7,10-14H2,2-3H3/t17-,18?,19?,21-,23-/m1/s1. The van der Waals surface area contributed by atoms with Gasteiger partial charge in [-0.2, -0.15) is 0 Å². The summed E-state index contributed by atoms with van der Waals surface area (Å²) in [5, 5.41) is 3.47. The molecule has 1 N–H and O–H groups in total. The van der Waals surface area contributed by atoms with Crippen LogP contribution in [0.2, 0.25) is 0 Å². The normalized spacial score (nSPS) is 35.3. The Labute approximate surface area is 162 Å². The second-order valence-corrected chi connectivity index (χ2v) is 8.85. The molecule has 0 amide bonds. The lowest BCUT2D eigenvalue weighted by molar-refractivity contribution is -0.146. The Balaban J connectivity index is 1.42. The molecule has 3 fully saturated rings. The topological polar surface area (TPSA) is 47.6 Å². The summed E-state index contributed by atoms with van der Waals surface area (Å²) in [5.74, 6) is 1.66. The summed E-state index contributed by atoms with van der Waals surface area (Å²) in [6, 6.07) is 8.00. The third kappa shape index (κ3) is 3.40. The van der Waals surface area contributed by atoms with E-state index in [0.717, 1.165) is 30.6 Å². The Kier molecular flexibility index (Phi) is 5.02. The minimum absolute atomic E-state index is 0.0228. The number of fused-ring (bicyclic) bond motifs is 2. The number of benzene rings is 1. The highest BCUT2D eigenvalue weighted by molar-refractivity contribution is 5.75. The van der Waals surface area contributed by atoms with Crippen molar-refractivity contribution in [2.24, 2.45) is 23.2 Å². The maximum atomic E-state index is 12.6. The van der Waals surface area contributed by atoms with Crippen molar-refractivity contribution in [1.82, 2.24) is 5.32 Å². The zero-order valence-electron chi connectivity index (χ0n) is 16.5. The molecule has 0 aromatic heterocycles. The highest BCUT2D eigenvalue weighted by Gasteiger charge is 2.54. The van der Waals surface area contributed by atoms with Crippen LogP contribution in [0, 0.1) is 23.2 Å². The molecule has 0 spiro atoms. The van der Waals surface area contributed by atoms with Crippen molar-refractivity contribution in [3.63, 3.8) is 0 Å². The minimum Gasteiger partial charge on any atom is -0.496 e. The number of hydrogen-bond acceptors (Lipinski definition) is 4. The van der Waals surface area contributed by atoms with Crippen LogP contribution in [-0.4, -0.2) is 25.7 Å². The number of para-hydroxylation sites is 1. The average Bonchev–Trinajstić information content (AvgIpc) is 2.94. The fraction of sp³-hybridized carbons (Fsp3) is 0.609. The fourth-order valence-electron chi connectivity index (χ4n) is 5.70. The van der Waals surface area contributed by atoms with Crippen molar-refractivity contribution in [2.45, 2.75) is 51.7 Å². The van der Waals surface area contributed by atoms with E-state index in [0.29, 0.717) is 24.9 Å². The lowest BCUT2D eigenvalue weighted by Crippen LogP contribution is -2.45. The number of esters is 1. The molecule has 1 heterocycles. The number of ether oxygens (including phenoxy) is 2. The molecule has 2 aliphatic carbocycles. The van der Waals surface area contributed by atoms with Crippen molar-refractivity contribution in [3.8, 4) is 5.75 Å². The molecule has 1 aliphatic heterocycles. The van der Waals surface area contributed by atoms with E-state index >= 15 is 0 Å². The van der Waals surface area contributed by atoms with Gasteiger partial charge in [-0.3, -0.25) is 4.79 Å². The van der Waals surface area contributed by atoms with Crippen LogP contribution in [0.1, 0.15) is 44.6 Å². The molecule has 3 aliphatic rings. The van der Waals surface area contributed by atoms with Gasteiger partial charge >= 0.3 is 5.97 Å². The summed E-state index contributed by atoms with van der Waals surface area (Å²) in [4.78, 5) is 12.6. The van der Waals surface area contributed by atoms with E-state index in [2.05, 4.69) is 24.9 Å². The van der Waals surface area contributed by atoms with Crippen LogP contribution < -0.4 is 10.1 Å². The summed E-state index contributed by atoms with van der Waals surface area (Å²) in [5.41, 5.74) is 2.76. The van der Waals surface area contributed by atoms with Crippen molar-refractivity contribution >= 4 is 5.97 Å². The van der Waals surface area contributed by atoms with Crippen LogP contribution in [0.5, 0.6) is 5.75 Å². The van der Waals surface area contributed by atoms with Gasteiger partial charge in [0.1, 0.15) is 11.9 Å². The number of carbonyl (C=O) groups excluding carboxylic acids is 1. The highest BCUT2D eigenvalue weighted by atomic mass is 16.6. The minimum atomic E-state index is -0.0519. The van der Waals surface area contributed by atoms with Gasteiger partial charge in [-0.15, -0.1) is 0 Å². The second kappa shape index (κ2) is 7.31. The van der Waals surface area contributed by atoms with Crippen molar-refractivity contribution < 1.29 is 14.3 Å². The highest BCUT2D eigenvalue weighted by Crippen LogP contribution is 2.56. The zero-order valence-corrected chi connectivity index (χ0v) is 16.5. The Hall–Kier alpha value is -1.81. The molecule has 1 aromatic rings. The third-order valence-corrected chi connectivity index (χ3v) is 7.19. The van der Waals surface area contributed by atoms with Crippen LogP contribution in [0.4, 0.5) is 0 Å². The van der Waals surface area contributed by atoms with Gasteiger partial charge in [0, 0.05) is 24.6 Å². The Bertz CT molecular complexity index is 730. The summed E-state index contributed by atoms with van der Waals surface area (Å²) < 4.78 is 11.3. The summed E-state index contributed by atoms with van der Waals surface area (Å²) >= 11 is 0. The van der Waals surface area contributed by atoms with E-state index in [1.807, 2.05) is 18.2 Å².